The fourth-order valence-corrected chi connectivity index (χ4v) is 6.54. The number of aliphatic carboxylic acids is 1. The van der Waals surface area contributed by atoms with Gasteiger partial charge in [0.15, 0.2) is 0 Å². The molecular weight excluding hydrogens is 474 g/mol. The van der Waals surface area contributed by atoms with E-state index in [0.29, 0.717) is 18.8 Å². The van der Waals surface area contributed by atoms with Crippen LogP contribution < -0.4 is 4.74 Å². The van der Waals surface area contributed by atoms with Crippen LogP contribution in [0.1, 0.15) is 75.8 Å². The molecular formula is C28H33F4NO3. The minimum atomic E-state index is -4.65. The van der Waals surface area contributed by atoms with Gasteiger partial charge in [0.1, 0.15) is 17.1 Å². The van der Waals surface area contributed by atoms with Gasteiger partial charge in [0.25, 0.3) is 0 Å². The lowest BCUT2D eigenvalue weighted by Crippen LogP contribution is -2.52. The molecule has 2 aromatic rings. The first-order chi connectivity index (χ1) is 17.1. The minimum Gasteiger partial charge on any atom is -0.490 e. The highest BCUT2D eigenvalue weighted by Crippen LogP contribution is 2.44. The van der Waals surface area contributed by atoms with Crippen molar-refractivity contribution < 1.29 is 32.2 Å². The number of halogens is 4. The highest BCUT2D eigenvalue weighted by Gasteiger charge is 2.41. The molecule has 2 atom stereocenters. The predicted octanol–water partition coefficient (Wildman–Crippen LogP) is 7.17. The SMILES string of the molecule is CC1CCC(Oc2ccc3cc(F)c(CN4C5CCCC4CC(C(=O)O)C5)cc3c2C(F)(F)F)CC1. The fraction of sp³-hybridized carbons (Fsp3) is 0.607. The van der Waals surface area contributed by atoms with Crippen molar-refractivity contribution >= 4 is 16.7 Å². The van der Waals surface area contributed by atoms with Crippen LogP contribution in [0, 0.1) is 17.7 Å². The van der Waals surface area contributed by atoms with Crippen LogP contribution in [0.25, 0.3) is 10.8 Å². The van der Waals surface area contributed by atoms with Crippen LogP contribution in [0.4, 0.5) is 17.6 Å². The largest absolute Gasteiger partial charge is 0.490 e. The van der Waals surface area contributed by atoms with Gasteiger partial charge in [0, 0.05) is 24.2 Å². The Kier molecular flexibility index (Phi) is 6.92. The van der Waals surface area contributed by atoms with Gasteiger partial charge in [-0.2, -0.15) is 13.2 Å². The monoisotopic (exact) mass is 507 g/mol. The summed E-state index contributed by atoms with van der Waals surface area (Å²) in [7, 11) is 0. The number of benzene rings is 2. The first-order valence-electron chi connectivity index (χ1n) is 13.1. The first kappa shape index (κ1) is 25.3. The Morgan fingerprint density at radius 2 is 1.72 bits per heavy atom. The smallest absolute Gasteiger partial charge is 0.420 e. The number of piperidine rings is 2. The Morgan fingerprint density at radius 1 is 1.06 bits per heavy atom. The number of carbonyl (C=O) groups is 1. The van der Waals surface area contributed by atoms with Crippen LogP contribution in [0.3, 0.4) is 0 Å². The van der Waals surface area contributed by atoms with Gasteiger partial charge in [-0.1, -0.05) is 19.4 Å². The lowest BCUT2D eigenvalue weighted by molar-refractivity contribution is -0.146. The molecule has 2 heterocycles. The molecule has 2 aromatic carbocycles. The van der Waals surface area contributed by atoms with Gasteiger partial charge < -0.3 is 9.84 Å². The van der Waals surface area contributed by atoms with Gasteiger partial charge >= 0.3 is 12.1 Å². The van der Waals surface area contributed by atoms with E-state index in [1.807, 2.05) is 0 Å². The summed E-state index contributed by atoms with van der Waals surface area (Å²) in [5.74, 6) is -1.40. The van der Waals surface area contributed by atoms with Gasteiger partial charge in [-0.25, -0.2) is 4.39 Å². The van der Waals surface area contributed by atoms with Crippen molar-refractivity contribution in [3.63, 3.8) is 0 Å². The molecule has 0 amide bonds. The summed E-state index contributed by atoms with van der Waals surface area (Å²) in [6.07, 6.45) is 2.00. The minimum absolute atomic E-state index is 0.000792. The lowest BCUT2D eigenvalue weighted by atomic mass is 9.78. The van der Waals surface area contributed by atoms with Crippen molar-refractivity contribution in [2.75, 3.05) is 0 Å². The highest BCUT2D eigenvalue weighted by molar-refractivity contribution is 5.89. The Labute approximate surface area is 208 Å². The molecule has 2 bridgehead atoms. The standard InChI is InChI=1S/C28H33F4NO3/c1-16-5-8-22(9-6-16)36-25-10-7-17-14-24(29)19(13-23(17)26(25)28(30,31)32)15-33-20-3-2-4-21(33)12-18(11-20)27(34)35/h7,10,13-14,16,18,20-22H,2-6,8-9,11-12,15H2,1H3,(H,34,35). The molecule has 3 fully saturated rings. The second-order valence-corrected chi connectivity index (χ2v) is 11.0. The predicted molar refractivity (Wildman–Crippen MR) is 128 cm³/mol. The number of ether oxygens (including phenoxy) is 1. The van der Waals surface area contributed by atoms with Gasteiger partial charge in [0.05, 0.1) is 12.0 Å². The summed E-state index contributed by atoms with van der Waals surface area (Å²) in [6, 6.07) is 5.35. The highest BCUT2D eigenvalue weighted by atomic mass is 19.4. The molecule has 2 saturated heterocycles. The van der Waals surface area contributed by atoms with Crippen molar-refractivity contribution in [1.82, 2.24) is 4.90 Å². The zero-order valence-corrected chi connectivity index (χ0v) is 20.5. The van der Waals surface area contributed by atoms with E-state index < -0.39 is 29.4 Å². The average Bonchev–Trinajstić information content (AvgIpc) is 2.80. The maximum absolute atomic E-state index is 15.2. The molecule has 0 aromatic heterocycles. The van der Waals surface area contributed by atoms with Crippen LogP contribution in [-0.4, -0.2) is 34.2 Å². The maximum Gasteiger partial charge on any atom is 0.420 e. The number of hydrogen-bond acceptors (Lipinski definition) is 3. The Bertz CT molecular complexity index is 1110. The molecule has 1 aliphatic carbocycles. The number of carboxylic acids is 1. The van der Waals surface area contributed by atoms with E-state index in [0.717, 1.165) is 44.9 Å². The normalized spacial score (nSPS) is 29.3. The number of alkyl halides is 3. The number of hydrogen-bond donors (Lipinski definition) is 1. The van der Waals surface area contributed by atoms with E-state index in [-0.39, 0.29) is 46.8 Å². The van der Waals surface area contributed by atoms with Gasteiger partial charge in [0.2, 0.25) is 0 Å². The summed E-state index contributed by atoms with van der Waals surface area (Å²) in [4.78, 5) is 13.7. The number of nitrogens with zero attached hydrogens (tertiary/aromatic N) is 1. The molecule has 0 spiro atoms. The molecule has 36 heavy (non-hydrogen) atoms. The van der Waals surface area contributed by atoms with E-state index in [1.165, 1.54) is 24.3 Å². The van der Waals surface area contributed by atoms with E-state index in [2.05, 4.69) is 11.8 Å². The molecule has 1 saturated carbocycles. The zero-order valence-electron chi connectivity index (χ0n) is 20.5. The summed E-state index contributed by atoms with van der Waals surface area (Å²) < 4.78 is 64.1. The van der Waals surface area contributed by atoms with E-state index in [4.69, 9.17) is 4.74 Å². The number of carboxylic acid groups (broad SMARTS) is 1. The van der Waals surface area contributed by atoms with Gasteiger partial charge in [-0.3, -0.25) is 9.69 Å². The van der Waals surface area contributed by atoms with Gasteiger partial charge in [-0.05, 0) is 86.3 Å². The first-order valence-corrected chi connectivity index (χ1v) is 13.1. The molecule has 8 heteroatoms. The summed E-state index contributed by atoms with van der Waals surface area (Å²) in [5.41, 5.74) is -0.632. The number of rotatable bonds is 5. The van der Waals surface area contributed by atoms with E-state index in [9.17, 15) is 23.1 Å². The molecule has 2 aliphatic heterocycles. The van der Waals surface area contributed by atoms with Crippen LogP contribution >= 0.6 is 0 Å². The maximum atomic E-state index is 15.2. The van der Waals surface area contributed by atoms with Crippen molar-refractivity contribution in [3.8, 4) is 5.75 Å². The van der Waals surface area contributed by atoms with Crippen molar-refractivity contribution in [2.45, 2.75) is 95.6 Å². The molecule has 196 valence electrons. The lowest BCUT2D eigenvalue weighted by Gasteiger charge is -2.48. The van der Waals surface area contributed by atoms with Crippen LogP contribution in [0.5, 0.6) is 5.75 Å². The fourth-order valence-electron chi connectivity index (χ4n) is 6.54. The topological polar surface area (TPSA) is 49.8 Å². The van der Waals surface area contributed by atoms with Crippen LogP contribution in [0.2, 0.25) is 0 Å². The van der Waals surface area contributed by atoms with Crippen LogP contribution in [0.15, 0.2) is 24.3 Å². The van der Waals surface area contributed by atoms with Crippen LogP contribution in [-0.2, 0) is 17.5 Å². The Balaban J connectivity index is 1.48. The third kappa shape index (κ3) is 5.06. The Hall–Kier alpha value is -2.35. The second kappa shape index (κ2) is 9.84. The average molecular weight is 508 g/mol. The van der Waals surface area contributed by atoms with Gasteiger partial charge in [-0.15, -0.1) is 0 Å². The number of fused-ring (bicyclic) bond motifs is 3. The molecule has 3 aliphatic rings. The summed E-state index contributed by atoms with van der Waals surface area (Å²) in [6.45, 7) is 2.31. The third-order valence-electron chi connectivity index (χ3n) is 8.52. The zero-order chi connectivity index (χ0) is 25.6. The van der Waals surface area contributed by atoms with Crippen molar-refractivity contribution in [3.05, 3.63) is 41.2 Å². The molecule has 5 rings (SSSR count). The second-order valence-electron chi connectivity index (χ2n) is 11.0. The van der Waals surface area contributed by atoms with Crippen molar-refractivity contribution in [1.29, 1.82) is 0 Å². The molecule has 2 unspecified atom stereocenters. The Morgan fingerprint density at radius 3 is 2.33 bits per heavy atom. The third-order valence-corrected chi connectivity index (χ3v) is 8.52. The summed E-state index contributed by atoms with van der Waals surface area (Å²) in [5, 5.41) is 9.64. The molecule has 0 radical (unpaired) electrons. The van der Waals surface area contributed by atoms with E-state index >= 15 is 4.39 Å². The van der Waals surface area contributed by atoms with Crippen molar-refractivity contribution in [2.24, 2.45) is 11.8 Å². The van der Waals surface area contributed by atoms with E-state index in [1.54, 1.807) is 0 Å². The quantitative estimate of drug-likeness (QED) is 0.436. The molecule has 1 N–H and O–H groups in total. The summed E-state index contributed by atoms with van der Waals surface area (Å²) >= 11 is 0. The molecule has 4 nitrogen and oxygen atoms in total.